The van der Waals surface area contributed by atoms with Crippen molar-refractivity contribution in [1.82, 2.24) is 9.62 Å². The largest absolute Gasteiger partial charge is 0.356 e. The summed E-state index contributed by atoms with van der Waals surface area (Å²) >= 11 is 0. The molecule has 5 nitrogen and oxygen atoms in total. The van der Waals surface area contributed by atoms with Crippen molar-refractivity contribution in [1.29, 1.82) is 0 Å². The summed E-state index contributed by atoms with van der Waals surface area (Å²) in [4.78, 5) is 12.2. The van der Waals surface area contributed by atoms with Crippen LogP contribution in [-0.4, -0.2) is 44.5 Å². The number of amides is 1. The minimum absolute atomic E-state index is 0.0528. The molecule has 21 heavy (non-hydrogen) atoms. The maximum absolute atomic E-state index is 12.2. The fraction of sp³-hybridized carbons (Fsp3) is 0.933. The van der Waals surface area contributed by atoms with Gasteiger partial charge in [0.05, 0.1) is 6.26 Å². The Bertz CT molecular complexity index is 430. The van der Waals surface area contributed by atoms with Crippen molar-refractivity contribution in [2.45, 2.75) is 40.5 Å². The Morgan fingerprint density at radius 1 is 1.14 bits per heavy atom. The molecule has 0 aliphatic carbocycles. The van der Waals surface area contributed by atoms with Gasteiger partial charge in [-0.1, -0.05) is 27.7 Å². The molecule has 0 aromatic carbocycles. The topological polar surface area (TPSA) is 66.5 Å². The number of hydrogen-bond acceptors (Lipinski definition) is 3. The third-order valence-corrected chi connectivity index (χ3v) is 5.82. The SMILES string of the molecule is CC(C)C(CNC(=O)C1CCN(S(C)(=O)=O)CC1)C(C)C. The molecule has 6 heteroatoms. The summed E-state index contributed by atoms with van der Waals surface area (Å²) in [5.74, 6) is 1.58. The van der Waals surface area contributed by atoms with E-state index < -0.39 is 10.0 Å². The number of piperidine rings is 1. The molecule has 1 aliphatic heterocycles. The van der Waals surface area contributed by atoms with Crippen molar-refractivity contribution >= 4 is 15.9 Å². The van der Waals surface area contributed by atoms with E-state index in [1.54, 1.807) is 0 Å². The van der Waals surface area contributed by atoms with Crippen LogP contribution < -0.4 is 5.32 Å². The highest BCUT2D eigenvalue weighted by Crippen LogP contribution is 2.21. The van der Waals surface area contributed by atoms with Crippen LogP contribution in [-0.2, 0) is 14.8 Å². The molecular formula is C15H30N2O3S. The van der Waals surface area contributed by atoms with Crippen molar-refractivity contribution in [3.05, 3.63) is 0 Å². The highest BCUT2D eigenvalue weighted by atomic mass is 32.2. The van der Waals surface area contributed by atoms with Gasteiger partial charge in [-0.2, -0.15) is 0 Å². The zero-order valence-corrected chi connectivity index (χ0v) is 14.7. The van der Waals surface area contributed by atoms with Crippen LogP contribution in [0.1, 0.15) is 40.5 Å². The average molecular weight is 318 g/mol. The smallest absolute Gasteiger partial charge is 0.223 e. The first-order chi connectivity index (χ1) is 9.62. The lowest BCUT2D eigenvalue weighted by Crippen LogP contribution is -2.44. The predicted molar refractivity (Wildman–Crippen MR) is 85.3 cm³/mol. The second-order valence-electron chi connectivity index (χ2n) is 6.83. The molecule has 0 bridgehead atoms. The molecule has 1 saturated heterocycles. The summed E-state index contributed by atoms with van der Waals surface area (Å²) in [5.41, 5.74) is 0. The average Bonchev–Trinajstić information content (AvgIpc) is 2.37. The number of rotatable bonds is 6. The van der Waals surface area contributed by atoms with E-state index in [2.05, 4.69) is 33.0 Å². The van der Waals surface area contributed by atoms with E-state index in [1.807, 2.05) is 0 Å². The third-order valence-electron chi connectivity index (χ3n) is 4.52. The Hall–Kier alpha value is -0.620. The van der Waals surface area contributed by atoms with Crippen molar-refractivity contribution in [2.75, 3.05) is 25.9 Å². The Balaban J connectivity index is 2.44. The zero-order valence-electron chi connectivity index (χ0n) is 13.9. The predicted octanol–water partition coefficient (Wildman–Crippen LogP) is 1.70. The molecule has 0 unspecified atom stereocenters. The van der Waals surface area contributed by atoms with Crippen LogP contribution in [0.4, 0.5) is 0 Å². The van der Waals surface area contributed by atoms with E-state index in [-0.39, 0.29) is 11.8 Å². The minimum atomic E-state index is -3.12. The molecule has 0 radical (unpaired) electrons. The second-order valence-corrected chi connectivity index (χ2v) is 8.82. The van der Waals surface area contributed by atoms with Crippen LogP contribution in [0.15, 0.2) is 0 Å². The van der Waals surface area contributed by atoms with E-state index in [9.17, 15) is 13.2 Å². The van der Waals surface area contributed by atoms with Gasteiger partial charge in [0.2, 0.25) is 15.9 Å². The van der Waals surface area contributed by atoms with Gasteiger partial charge < -0.3 is 5.32 Å². The first-order valence-electron chi connectivity index (χ1n) is 7.85. The van der Waals surface area contributed by atoms with Gasteiger partial charge in [-0.3, -0.25) is 4.79 Å². The Labute approximate surface area is 129 Å². The summed E-state index contributed by atoms with van der Waals surface area (Å²) in [6.45, 7) is 10.3. The van der Waals surface area contributed by atoms with Crippen LogP contribution in [0.5, 0.6) is 0 Å². The number of sulfonamides is 1. The summed E-state index contributed by atoms with van der Waals surface area (Å²) in [7, 11) is -3.12. The van der Waals surface area contributed by atoms with E-state index in [1.165, 1.54) is 10.6 Å². The molecule has 1 rings (SSSR count). The van der Waals surface area contributed by atoms with E-state index in [4.69, 9.17) is 0 Å². The Morgan fingerprint density at radius 2 is 1.62 bits per heavy atom. The summed E-state index contributed by atoms with van der Waals surface area (Å²) in [6.07, 6.45) is 2.46. The van der Waals surface area contributed by atoms with Gasteiger partial charge in [-0.15, -0.1) is 0 Å². The minimum Gasteiger partial charge on any atom is -0.356 e. The normalized spacial score (nSPS) is 18.7. The van der Waals surface area contributed by atoms with Gasteiger partial charge in [-0.25, -0.2) is 12.7 Å². The molecule has 0 atom stereocenters. The maximum atomic E-state index is 12.2. The van der Waals surface area contributed by atoms with Gasteiger partial charge >= 0.3 is 0 Å². The van der Waals surface area contributed by atoms with Gasteiger partial charge in [0.1, 0.15) is 0 Å². The van der Waals surface area contributed by atoms with E-state index >= 15 is 0 Å². The summed E-state index contributed by atoms with van der Waals surface area (Å²) in [5, 5.41) is 3.06. The number of carbonyl (C=O) groups excluding carboxylic acids is 1. The van der Waals surface area contributed by atoms with Crippen LogP contribution >= 0.6 is 0 Å². The lowest BCUT2D eigenvalue weighted by molar-refractivity contribution is -0.126. The number of carbonyl (C=O) groups is 1. The number of nitrogens with zero attached hydrogens (tertiary/aromatic N) is 1. The zero-order chi connectivity index (χ0) is 16.2. The van der Waals surface area contributed by atoms with E-state index in [0.717, 1.165) is 0 Å². The van der Waals surface area contributed by atoms with Gasteiger partial charge in [0.25, 0.3) is 0 Å². The molecule has 1 N–H and O–H groups in total. The Morgan fingerprint density at radius 3 is 2.00 bits per heavy atom. The van der Waals surface area contributed by atoms with Crippen LogP contribution in [0.3, 0.4) is 0 Å². The molecule has 0 aromatic heterocycles. The Kier molecular flexibility index (Phi) is 6.66. The van der Waals surface area contributed by atoms with Crippen LogP contribution in [0.25, 0.3) is 0 Å². The standard InChI is InChI=1S/C15H30N2O3S/c1-11(2)14(12(3)4)10-16-15(18)13-6-8-17(9-7-13)21(5,19)20/h11-14H,6-10H2,1-5H3,(H,16,18). The van der Waals surface area contributed by atoms with Gasteiger partial charge in [0, 0.05) is 25.6 Å². The van der Waals surface area contributed by atoms with Crippen LogP contribution in [0, 0.1) is 23.7 Å². The highest BCUT2D eigenvalue weighted by Gasteiger charge is 2.29. The molecule has 124 valence electrons. The first-order valence-corrected chi connectivity index (χ1v) is 9.70. The molecule has 1 amide bonds. The maximum Gasteiger partial charge on any atom is 0.223 e. The number of nitrogens with one attached hydrogen (secondary N) is 1. The van der Waals surface area contributed by atoms with Crippen molar-refractivity contribution in [2.24, 2.45) is 23.7 Å². The van der Waals surface area contributed by atoms with Crippen LogP contribution in [0.2, 0.25) is 0 Å². The molecule has 1 fully saturated rings. The molecular weight excluding hydrogens is 288 g/mol. The third kappa shape index (κ3) is 5.58. The fourth-order valence-electron chi connectivity index (χ4n) is 3.05. The molecule has 0 spiro atoms. The van der Waals surface area contributed by atoms with E-state index in [0.29, 0.717) is 50.2 Å². The lowest BCUT2D eigenvalue weighted by Gasteiger charge is -2.30. The summed E-state index contributed by atoms with van der Waals surface area (Å²) < 4.78 is 24.4. The van der Waals surface area contributed by atoms with Crippen molar-refractivity contribution < 1.29 is 13.2 Å². The highest BCUT2D eigenvalue weighted by molar-refractivity contribution is 7.88. The van der Waals surface area contributed by atoms with Crippen molar-refractivity contribution in [3.8, 4) is 0 Å². The van der Waals surface area contributed by atoms with Gasteiger partial charge in [-0.05, 0) is 30.6 Å². The molecule has 1 aliphatic rings. The number of hydrogen-bond donors (Lipinski definition) is 1. The quantitative estimate of drug-likeness (QED) is 0.810. The molecule has 0 saturated carbocycles. The fourth-order valence-corrected chi connectivity index (χ4v) is 3.93. The lowest BCUT2D eigenvalue weighted by atomic mass is 9.85. The molecule has 1 heterocycles. The van der Waals surface area contributed by atoms with Crippen molar-refractivity contribution in [3.63, 3.8) is 0 Å². The monoisotopic (exact) mass is 318 g/mol. The summed E-state index contributed by atoms with van der Waals surface area (Å²) in [6, 6.07) is 0. The first kappa shape index (κ1) is 18.4. The molecule has 0 aromatic rings. The second kappa shape index (κ2) is 7.58. The van der Waals surface area contributed by atoms with Gasteiger partial charge in [0.15, 0.2) is 0 Å².